The molecule has 2 amide bonds. The number of nitrogens with zero attached hydrogens (tertiary/aromatic N) is 1. The first-order valence-corrected chi connectivity index (χ1v) is 7.86. The van der Waals surface area contributed by atoms with Crippen molar-refractivity contribution in [3.05, 3.63) is 0 Å². The molecule has 1 fully saturated rings. The Kier molecular flexibility index (Phi) is 5.60. The first-order valence-electron chi connectivity index (χ1n) is 7.86. The molecule has 116 valence electrons. The predicted molar refractivity (Wildman–Crippen MR) is 81.2 cm³/mol. The summed E-state index contributed by atoms with van der Waals surface area (Å²) in [5, 5.41) is 2.91. The molecule has 2 atom stereocenters. The Bertz CT molecular complexity index is 365. The molecule has 0 aliphatic carbocycles. The number of piperazine rings is 1. The molecular formula is C16H30N2O2. The third-order valence-corrected chi connectivity index (χ3v) is 4.42. The lowest BCUT2D eigenvalue weighted by Gasteiger charge is -2.47. The summed E-state index contributed by atoms with van der Waals surface area (Å²) in [6.07, 6.45) is 2.69. The van der Waals surface area contributed by atoms with Crippen LogP contribution in [0.3, 0.4) is 0 Å². The van der Waals surface area contributed by atoms with Gasteiger partial charge in [-0.15, -0.1) is 0 Å². The number of nitrogens with one attached hydrogen (secondary N) is 1. The summed E-state index contributed by atoms with van der Waals surface area (Å²) in [4.78, 5) is 26.9. The molecule has 0 aromatic rings. The SMILES string of the molecule is CCC1(C)C(=O)NC(C(C)C)C(=O)N1CCCC(C)C. The van der Waals surface area contributed by atoms with Gasteiger partial charge in [-0.1, -0.05) is 34.6 Å². The van der Waals surface area contributed by atoms with E-state index in [0.717, 1.165) is 12.8 Å². The molecule has 4 heteroatoms. The average molecular weight is 282 g/mol. The molecule has 1 N–H and O–H groups in total. The van der Waals surface area contributed by atoms with Gasteiger partial charge in [-0.05, 0) is 38.0 Å². The van der Waals surface area contributed by atoms with Crippen LogP contribution in [0.4, 0.5) is 0 Å². The minimum Gasteiger partial charge on any atom is -0.342 e. The maximum absolute atomic E-state index is 12.7. The fraction of sp³-hybridized carbons (Fsp3) is 0.875. The van der Waals surface area contributed by atoms with E-state index >= 15 is 0 Å². The van der Waals surface area contributed by atoms with Crippen LogP contribution in [0.15, 0.2) is 0 Å². The van der Waals surface area contributed by atoms with Crippen LogP contribution in [0.2, 0.25) is 0 Å². The number of rotatable bonds is 6. The maximum atomic E-state index is 12.7. The van der Waals surface area contributed by atoms with Crippen molar-refractivity contribution in [3.8, 4) is 0 Å². The zero-order valence-corrected chi connectivity index (χ0v) is 13.8. The Morgan fingerprint density at radius 3 is 2.30 bits per heavy atom. The highest BCUT2D eigenvalue weighted by atomic mass is 16.2. The van der Waals surface area contributed by atoms with E-state index in [1.807, 2.05) is 32.6 Å². The Balaban J connectivity index is 2.91. The largest absolute Gasteiger partial charge is 0.342 e. The van der Waals surface area contributed by atoms with E-state index < -0.39 is 5.54 Å². The lowest BCUT2D eigenvalue weighted by Crippen LogP contribution is -2.70. The van der Waals surface area contributed by atoms with E-state index in [9.17, 15) is 9.59 Å². The second-order valence-corrected chi connectivity index (χ2v) is 6.85. The van der Waals surface area contributed by atoms with E-state index in [4.69, 9.17) is 0 Å². The van der Waals surface area contributed by atoms with Gasteiger partial charge in [-0.3, -0.25) is 9.59 Å². The molecule has 0 aromatic heterocycles. The Hall–Kier alpha value is -1.06. The number of hydrogen-bond acceptors (Lipinski definition) is 2. The molecule has 1 saturated heterocycles. The standard InChI is InChI=1S/C16H30N2O2/c1-7-16(6)15(20)17-13(12(4)5)14(19)18(16)10-8-9-11(2)3/h11-13H,7-10H2,1-6H3,(H,17,20). The normalized spacial score (nSPS) is 27.4. The van der Waals surface area contributed by atoms with Crippen molar-refractivity contribution in [2.75, 3.05) is 6.54 Å². The third-order valence-electron chi connectivity index (χ3n) is 4.42. The monoisotopic (exact) mass is 282 g/mol. The zero-order chi connectivity index (χ0) is 15.5. The molecule has 0 spiro atoms. The van der Waals surface area contributed by atoms with Crippen LogP contribution in [-0.2, 0) is 9.59 Å². The van der Waals surface area contributed by atoms with Crippen molar-refractivity contribution in [1.82, 2.24) is 10.2 Å². The Morgan fingerprint density at radius 2 is 1.85 bits per heavy atom. The van der Waals surface area contributed by atoms with Crippen molar-refractivity contribution in [2.45, 2.75) is 72.4 Å². The maximum Gasteiger partial charge on any atom is 0.246 e. The smallest absolute Gasteiger partial charge is 0.246 e. The van der Waals surface area contributed by atoms with Crippen LogP contribution < -0.4 is 5.32 Å². The van der Waals surface area contributed by atoms with Crippen LogP contribution in [0.5, 0.6) is 0 Å². The van der Waals surface area contributed by atoms with Gasteiger partial charge >= 0.3 is 0 Å². The molecule has 2 unspecified atom stereocenters. The van der Waals surface area contributed by atoms with Gasteiger partial charge in [0.15, 0.2) is 0 Å². The van der Waals surface area contributed by atoms with Crippen molar-refractivity contribution in [3.63, 3.8) is 0 Å². The number of carbonyl (C=O) groups excluding carboxylic acids is 2. The van der Waals surface area contributed by atoms with Crippen LogP contribution in [0.25, 0.3) is 0 Å². The van der Waals surface area contributed by atoms with E-state index in [0.29, 0.717) is 18.9 Å². The van der Waals surface area contributed by atoms with E-state index in [2.05, 4.69) is 19.2 Å². The minimum absolute atomic E-state index is 0.0113. The van der Waals surface area contributed by atoms with Gasteiger partial charge in [0.1, 0.15) is 11.6 Å². The molecule has 0 bridgehead atoms. The highest BCUT2D eigenvalue weighted by molar-refractivity contribution is 5.99. The predicted octanol–water partition coefficient (Wildman–Crippen LogP) is 2.57. The van der Waals surface area contributed by atoms with Crippen LogP contribution in [0.1, 0.15) is 60.8 Å². The molecule has 20 heavy (non-hydrogen) atoms. The van der Waals surface area contributed by atoms with Gasteiger partial charge in [-0.25, -0.2) is 0 Å². The second-order valence-electron chi connectivity index (χ2n) is 6.85. The van der Waals surface area contributed by atoms with Crippen LogP contribution in [0, 0.1) is 11.8 Å². The summed E-state index contributed by atoms with van der Waals surface area (Å²) in [7, 11) is 0. The minimum atomic E-state index is -0.695. The molecule has 1 rings (SSSR count). The van der Waals surface area contributed by atoms with E-state index in [1.165, 1.54) is 0 Å². The van der Waals surface area contributed by atoms with E-state index in [-0.39, 0.29) is 23.8 Å². The van der Waals surface area contributed by atoms with Crippen molar-refractivity contribution in [1.29, 1.82) is 0 Å². The average Bonchev–Trinajstić information content (AvgIpc) is 2.37. The first kappa shape index (κ1) is 17.0. The molecule has 0 aromatic carbocycles. The fourth-order valence-corrected chi connectivity index (χ4v) is 2.71. The Labute approximate surface area is 123 Å². The quantitative estimate of drug-likeness (QED) is 0.814. The summed E-state index contributed by atoms with van der Waals surface area (Å²) in [6.45, 7) is 12.8. The summed E-state index contributed by atoms with van der Waals surface area (Å²) < 4.78 is 0. The molecule has 0 saturated carbocycles. The van der Waals surface area contributed by atoms with Crippen LogP contribution in [-0.4, -0.2) is 34.8 Å². The van der Waals surface area contributed by atoms with Crippen molar-refractivity contribution >= 4 is 11.8 Å². The number of hydrogen-bond donors (Lipinski definition) is 1. The van der Waals surface area contributed by atoms with Crippen molar-refractivity contribution in [2.24, 2.45) is 11.8 Å². The van der Waals surface area contributed by atoms with Gasteiger partial charge in [0.2, 0.25) is 11.8 Å². The fourth-order valence-electron chi connectivity index (χ4n) is 2.71. The van der Waals surface area contributed by atoms with Gasteiger partial charge in [0.05, 0.1) is 0 Å². The molecule has 0 radical (unpaired) electrons. The summed E-state index contributed by atoms with van der Waals surface area (Å²) in [5.41, 5.74) is -0.695. The third kappa shape index (κ3) is 3.33. The van der Waals surface area contributed by atoms with Gasteiger partial charge < -0.3 is 10.2 Å². The van der Waals surface area contributed by atoms with Crippen molar-refractivity contribution < 1.29 is 9.59 Å². The summed E-state index contributed by atoms with van der Waals surface area (Å²) in [5.74, 6) is 0.813. The second kappa shape index (κ2) is 6.59. The number of amides is 2. The molecule has 4 nitrogen and oxygen atoms in total. The number of carbonyl (C=O) groups is 2. The Morgan fingerprint density at radius 1 is 1.25 bits per heavy atom. The lowest BCUT2D eigenvalue weighted by atomic mass is 9.87. The summed E-state index contributed by atoms with van der Waals surface area (Å²) >= 11 is 0. The molecular weight excluding hydrogens is 252 g/mol. The van der Waals surface area contributed by atoms with Crippen LogP contribution >= 0.6 is 0 Å². The van der Waals surface area contributed by atoms with E-state index in [1.54, 1.807) is 0 Å². The van der Waals surface area contributed by atoms with Gasteiger partial charge in [-0.2, -0.15) is 0 Å². The van der Waals surface area contributed by atoms with Gasteiger partial charge in [0.25, 0.3) is 0 Å². The highest BCUT2D eigenvalue weighted by Crippen LogP contribution is 2.27. The lowest BCUT2D eigenvalue weighted by molar-refractivity contribution is -0.158. The van der Waals surface area contributed by atoms with Gasteiger partial charge in [0, 0.05) is 6.54 Å². The topological polar surface area (TPSA) is 49.4 Å². The highest BCUT2D eigenvalue weighted by Gasteiger charge is 2.48. The summed E-state index contributed by atoms with van der Waals surface area (Å²) in [6, 6.07) is -0.374. The molecule has 1 aliphatic heterocycles. The molecule has 1 heterocycles. The molecule has 1 aliphatic rings. The zero-order valence-electron chi connectivity index (χ0n) is 13.8. The first-order chi connectivity index (χ1) is 9.24.